The van der Waals surface area contributed by atoms with Gasteiger partial charge in [0, 0.05) is 26.2 Å². The molecule has 2 aliphatic rings. The summed E-state index contributed by atoms with van der Waals surface area (Å²) in [5, 5.41) is 24.9. The van der Waals surface area contributed by atoms with Crippen molar-refractivity contribution in [1.29, 1.82) is 0 Å². The Hall–Kier alpha value is -2.90. The van der Waals surface area contributed by atoms with E-state index in [4.69, 9.17) is 0 Å². The van der Waals surface area contributed by atoms with Crippen molar-refractivity contribution in [2.24, 2.45) is 0 Å². The van der Waals surface area contributed by atoms with E-state index in [-0.39, 0.29) is 16.8 Å². The highest BCUT2D eigenvalue weighted by atomic mass is 16.6. The van der Waals surface area contributed by atoms with E-state index < -0.39 is 9.85 Å². The largest absolute Gasteiger partial charge is 0.366 e. The van der Waals surface area contributed by atoms with E-state index in [9.17, 15) is 20.2 Å². The van der Waals surface area contributed by atoms with Gasteiger partial charge in [-0.2, -0.15) is 0 Å². The molecule has 148 valence electrons. The van der Waals surface area contributed by atoms with Crippen molar-refractivity contribution >= 4 is 33.5 Å². The van der Waals surface area contributed by atoms with Crippen LogP contribution in [-0.2, 0) is 0 Å². The minimum Gasteiger partial charge on any atom is -0.366 e. The number of anilines is 2. The molecule has 28 heavy (non-hydrogen) atoms. The van der Waals surface area contributed by atoms with Crippen LogP contribution in [0.4, 0.5) is 22.7 Å². The molecule has 0 atom stereocenters. The van der Waals surface area contributed by atoms with E-state index >= 15 is 0 Å². The van der Waals surface area contributed by atoms with E-state index in [0.717, 1.165) is 64.7 Å². The van der Waals surface area contributed by atoms with E-state index in [2.05, 4.69) is 0 Å². The molecule has 8 nitrogen and oxygen atoms in total. The Kier molecular flexibility index (Phi) is 5.02. The molecule has 2 aliphatic heterocycles. The van der Waals surface area contributed by atoms with Gasteiger partial charge in [-0.25, -0.2) is 0 Å². The van der Waals surface area contributed by atoms with Crippen molar-refractivity contribution in [3.63, 3.8) is 0 Å². The third kappa shape index (κ3) is 3.23. The summed E-state index contributed by atoms with van der Waals surface area (Å²) in [6.07, 6.45) is 6.13. The molecule has 0 aliphatic carbocycles. The fourth-order valence-corrected chi connectivity index (χ4v) is 4.51. The van der Waals surface area contributed by atoms with Crippen LogP contribution in [0.25, 0.3) is 10.8 Å². The van der Waals surface area contributed by atoms with Crippen LogP contribution in [0.3, 0.4) is 0 Å². The van der Waals surface area contributed by atoms with Crippen LogP contribution in [0.1, 0.15) is 38.5 Å². The Morgan fingerprint density at radius 3 is 1.39 bits per heavy atom. The van der Waals surface area contributed by atoms with Crippen LogP contribution >= 0.6 is 0 Å². The highest BCUT2D eigenvalue weighted by Crippen LogP contribution is 2.45. The molecule has 0 radical (unpaired) electrons. The first-order valence-corrected chi connectivity index (χ1v) is 9.96. The van der Waals surface area contributed by atoms with Crippen LogP contribution in [0, 0.1) is 20.2 Å². The van der Waals surface area contributed by atoms with Crippen LogP contribution < -0.4 is 9.80 Å². The number of nitrogens with zero attached hydrogens (tertiary/aromatic N) is 4. The summed E-state index contributed by atoms with van der Waals surface area (Å²) in [4.78, 5) is 27.3. The number of rotatable bonds is 4. The second-order valence-corrected chi connectivity index (χ2v) is 7.57. The van der Waals surface area contributed by atoms with Crippen molar-refractivity contribution < 1.29 is 9.85 Å². The lowest BCUT2D eigenvalue weighted by Gasteiger charge is -2.30. The smallest absolute Gasteiger partial charge is 0.307 e. The van der Waals surface area contributed by atoms with Crippen LogP contribution in [0.15, 0.2) is 24.3 Å². The molecule has 0 bridgehead atoms. The normalized spacial score (nSPS) is 17.7. The van der Waals surface area contributed by atoms with E-state index in [1.54, 1.807) is 24.3 Å². The number of piperidine rings is 2. The Bertz CT molecular complexity index is 847. The molecule has 2 heterocycles. The Balaban J connectivity index is 1.97. The van der Waals surface area contributed by atoms with Crippen molar-refractivity contribution in [3.8, 4) is 0 Å². The predicted molar refractivity (Wildman–Crippen MR) is 109 cm³/mol. The van der Waals surface area contributed by atoms with Gasteiger partial charge in [-0.1, -0.05) is 12.1 Å². The van der Waals surface area contributed by atoms with Crippen molar-refractivity contribution in [3.05, 3.63) is 44.5 Å². The molecular weight excluding hydrogens is 360 g/mol. The Morgan fingerprint density at radius 1 is 0.643 bits per heavy atom. The van der Waals surface area contributed by atoms with Gasteiger partial charge in [-0.15, -0.1) is 0 Å². The molecule has 0 N–H and O–H groups in total. The summed E-state index contributed by atoms with van der Waals surface area (Å²) in [6.45, 7) is 2.97. The maximum Gasteiger partial charge on any atom is 0.307 e. The van der Waals surface area contributed by atoms with Gasteiger partial charge in [0.1, 0.15) is 16.8 Å². The second kappa shape index (κ2) is 7.61. The maximum absolute atomic E-state index is 12.1. The average molecular weight is 384 g/mol. The fraction of sp³-hybridized carbons (Fsp3) is 0.500. The summed E-state index contributed by atoms with van der Waals surface area (Å²) in [5.41, 5.74) is 0.724. The van der Waals surface area contributed by atoms with Gasteiger partial charge in [0.25, 0.3) is 0 Å². The summed E-state index contributed by atoms with van der Waals surface area (Å²) < 4.78 is 0. The van der Waals surface area contributed by atoms with E-state index in [0.29, 0.717) is 16.8 Å². The predicted octanol–water partition coefficient (Wildman–Crippen LogP) is 4.64. The van der Waals surface area contributed by atoms with Gasteiger partial charge in [-0.05, 0) is 56.0 Å². The highest BCUT2D eigenvalue weighted by molar-refractivity contribution is 6.06. The first-order valence-electron chi connectivity index (χ1n) is 9.96. The molecule has 2 aromatic carbocycles. The van der Waals surface area contributed by atoms with Gasteiger partial charge in [0.15, 0.2) is 0 Å². The average Bonchev–Trinajstić information content (AvgIpc) is 2.73. The van der Waals surface area contributed by atoms with E-state index in [1.165, 1.54) is 0 Å². The SMILES string of the molecule is O=[N+]([O-])c1c(N2CCCCC2)ccc2ccc(N3CCCCC3)c([N+](=O)[O-])c12. The van der Waals surface area contributed by atoms with Crippen molar-refractivity contribution in [2.45, 2.75) is 38.5 Å². The molecule has 8 heteroatoms. The van der Waals surface area contributed by atoms with Crippen LogP contribution in [-0.4, -0.2) is 36.0 Å². The van der Waals surface area contributed by atoms with Gasteiger partial charge in [-0.3, -0.25) is 20.2 Å². The van der Waals surface area contributed by atoms with Gasteiger partial charge < -0.3 is 9.80 Å². The molecule has 0 aromatic heterocycles. The Labute approximate surface area is 163 Å². The van der Waals surface area contributed by atoms with Crippen molar-refractivity contribution in [2.75, 3.05) is 36.0 Å². The van der Waals surface area contributed by atoms with Gasteiger partial charge >= 0.3 is 11.4 Å². The third-order valence-electron chi connectivity index (χ3n) is 5.85. The van der Waals surface area contributed by atoms with Crippen molar-refractivity contribution in [1.82, 2.24) is 0 Å². The van der Waals surface area contributed by atoms with Gasteiger partial charge in [0.05, 0.1) is 9.85 Å². The standard InChI is InChI=1S/C20H24N4O4/c25-23(26)19-16(21-11-3-1-4-12-21)9-7-15-8-10-17(20(18(15)19)24(27)28)22-13-5-2-6-14-22/h7-10H,1-6,11-14H2. The lowest BCUT2D eigenvalue weighted by atomic mass is 10.0. The molecule has 2 aromatic rings. The number of benzene rings is 2. The molecule has 0 unspecified atom stereocenters. The molecule has 4 rings (SSSR count). The lowest BCUT2D eigenvalue weighted by Crippen LogP contribution is -2.30. The molecule has 2 saturated heterocycles. The number of fused-ring (bicyclic) bond motifs is 1. The Morgan fingerprint density at radius 2 is 1.04 bits per heavy atom. The van der Waals surface area contributed by atoms with E-state index in [1.807, 2.05) is 9.80 Å². The number of hydrogen-bond donors (Lipinski definition) is 0. The van der Waals surface area contributed by atoms with Gasteiger partial charge in [0.2, 0.25) is 0 Å². The summed E-state index contributed by atoms with van der Waals surface area (Å²) >= 11 is 0. The zero-order chi connectivity index (χ0) is 19.7. The quantitative estimate of drug-likeness (QED) is 0.563. The topological polar surface area (TPSA) is 92.8 Å². The number of hydrogen-bond acceptors (Lipinski definition) is 6. The molecule has 0 amide bonds. The molecule has 0 spiro atoms. The first kappa shape index (κ1) is 18.5. The summed E-state index contributed by atoms with van der Waals surface area (Å²) in [7, 11) is 0. The first-order chi connectivity index (χ1) is 13.6. The third-order valence-corrected chi connectivity index (χ3v) is 5.85. The minimum absolute atomic E-state index is 0.134. The number of nitro groups is 2. The van der Waals surface area contributed by atoms with Crippen LogP contribution in [0.2, 0.25) is 0 Å². The highest BCUT2D eigenvalue weighted by Gasteiger charge is 2.33. The summed E-state index contributed by atoms with van der Waals surface area (Å²) in [6, 6.07) is 7.05. The molecule has 0 saturated carbocycles. The second-order valence-electron chi connectivity index (χ2n) is 7.57. The fourth-order valence-electron chi connectivity index (χ4n) is 4.51. The zero-order valence-electron chi connectivity index (χ0n) is 15.8. The summed E-state index contributed by atoms with van der Waals surface area (Å²) in [5.74, 6) is 0. The van der Waals surface area contributed by atoms with Crippen LogP contribution in [0.5, 0.6) is 0 Å². The monoisotopic (exact) mass is 384 g/mol. The molecule has 2 fully saturated rings. The number of nitro benzene ring substituents is 2. The zero-order valence-corrected chi connectivity index (χ0v) is 15.8. The lowest BCUT2D eigenvalue weighted by molar-refractivity contribution is -0.389. The minimum atomic E-state index is -0.445. The molecular formula is C20H24N4O4. The maximum atomic E-state index is 12.1.